The lowest BCUT2D eigenvalue weighted by molar-refractivity contribution is -0.129. The minimum Gasteiger partial charge on any atom is -0.368 e. The van der Waals surface area contributed by atoms with Crippen molar-refractivity contribution in [3.63, 3.8) is 0 Å². The number of halogens is 2. The van der Waals surface area contributed by atoms with E-state index in [1.165, 1.54) is 19.1 Å². The quantitative estimate of drug-likeness (QED) is 0.687. The second kappa shape index (κ2) is 8.48. The standard InChI is InChI=1S/C21H22F2N6O.H2/c1-15(30)27-7-9-28(10-8-27)19-12-16(20(22)23)11-17(13-19)25-21-24-14-29(26-21)18-5-3-2-4-6-18;/h2-6,11-14,20H,7-10H2,1H3,(H,25,26);1H. The van der Waals surface area contributed by atoms with E-state index in [-0.39, 0.29) is 12.9 Å². The molecule has 9 heteroatoms. The van der Waals surface area contributed by atoms with Crippen molar-refractivity contribution in [2.75, 3.05) is 36.4 Å². The maximum absolute atomic E-state index is 13.5. The fraction of sp³-hybridized carbons (Fsp3) is 0.286. The Morgan fingerprint density at radius 1 is 1.07 bits per heavy atom. The van der Waals surface area contributed by atoms with Crippen molar-refractivity contribution in [1.29, 1.82) is 0 Å². The Balaban J connectivity index is 0.00000272. The van der Waals surface area contributed by atoms with E-state index in [0.29, 0.717) is 43.5 Å². The number of alkyl halides is 2. The van der Waals surface area contributed by atoms with Crippen molar-refractivity contribution in [1.82, 2.24) is 19.7 Å². The van der Waals surface area contributed by atoms with Crippen LogP contribution in [-0.4, -0.2) is 51.8 Å². The summed E-state index contributed by atoms with van der Waals surface area (Å²) in [6.45, 7) is 3.86. The minimum absolute atomic E-state index is 0. The maximum atomic E-state index is 13.5. The average molecular weight is 414 g/mol. The van der Waals surface area contributed by atoms with Crippen LogP contribution in [0, 0.1) is 0 Å². The van der Waals surface area contributed by atoms with Gasteiger partial charge in [0.25, 0.3) is 6.43 Å². The number of anilines is 3. The monoisotopic (exact) mass is 414 g/mol. The molecular formula is C21H24F2N6O. The van der Waals surface area contributed by atoms with Crippen molar-refractivity contribution in [2.45, 2.75) is 13.3 Å². The third-order valence-corrected chi connectivity index (χ3v) is 5.05. The molecule has 0 bridgehead atoms. The summed E-state index contributed by atoms with van der Waals surface area (Å²) in [4.78, 5) is 19.5. The van der Waals surface area contributed by atoms with Crippen LogP contribution in [0.25, 0.3) is 5.69 Å². The average Bonchev–Trinajstić information content (AvgIpc) is 3.22. The van der Waals surface area contributed by atoms with E-state index in [9.17, 15) is 13.6 Å². The van der Waals surface area contributed by atoms with Crippen LogP contribution in [0.3, 0.4) is 0 Å². The first kappa shape index (κ1) is 19.8. The first-order valence-corrected chi connectivity index (χ1v) is 9.67. The molecule has 3 aromatic rings. The zero-order valence-electron chi connectivity index (χ0n) is 16.5. The van der Waals surface area contributed by atoms with Crippen LogP contribution < -0.4 is 10.2 Å². The SMILES string of the molecule is CC(=O)N1CCN(c2cc(Nc3ncn(-c4ccccc4)n3)cc(C(F)F)c2)CC1.[HH]. The van der Waals surface area contributed by atoms with Crippen LogP contribution >= 0.6 is 0 Å². The van der Waals surface area contributed by atoms with Gasteiger partial charge in [-0.15, -0.1) is 5.10 Å². The summed E-state index contributed by atoms with van der Waals surface area (Å²) >= 11 is 0. The van der Waals surface area contributed by atoms with E-state index < -0.39 is 6.43 Å². The van der Waals surface area contributed by atoms with Gasteiger partial charge in [-0.1, -0.05) is 18.2 Å². The number of benzene rings is 2. The Bertz CT molecular complexity index is 1020. The highest BCUT2D eigenvalue weighted by Gasteiger charge is 2.21. The molecule has 2 heterocycles. The predicted molar refractivity (Wildman–Crippen MR) is 113 cm³/mol. The topological polar surface area (TPSA) is 66.3 Å². The van der Waals surface area contributed by atoms with E-state index in [1.54, 1.807) is 22.0 Å². The fourth-order valence-corrected chi connectivity index (χ4v) is 3.45. The summed E-state index contributed by atoms with van der Waals surface area (Å²) in [6.07, 6.45) is -1.03. The summed E-state index contributed by atoms with van der Waals surface area (Å²) in [5.41, 5.74) is 1.94. The van der Waals surface area contributed by atoms with Gasteiger partial charge >= 0.3 is 0 Å². The van der Waals surface area contributed by atoms with Gasteiger partial charge in [0.1, 0.15) is 6.33 Å². The lowest BCUT2D eigenvalue weighted by Crippen LogP contribution is -2.48. The number of nitrogens with zero attached hydrogens (tertiary/aromatic N) is 5. The maximum Gasteiger partial charge on any atom is 0.263 e. The molecule has 1 aromatic heterocycles. The second-order valence-corrected chi connectivity index (χ2v) is 7.08. The van der Waals surface area contributed by atoms with E-state index in [2.05, 4.69) is 15.4 Å². The Kier molecular flexibility index (Phi) is 5.60. The van der Waals surface area contributed by atoms with Gasteiger partial charge in [0.05, 0.1) is 5.69 Å². The first-order valence-electron chi connectivity index (χ1n) is 9.67. The van der Waals surface area contributed by atoms with E-state index in [4.69, 9.17) is 0 Å². The zero-order valence-corrected chi connectivity index (χ0v) is 16.5. The molecule has 1 fully saturated rings. The van der Waals surface area contributed by atoms with E-state index in [0.717, 1.165) is 5.69 Å². The van der Waals surface area contributed by atoms with Crippen LogP contribution in [0.4, 0.5) is 26.1 Å². The molecule has 0 saturated carbocycles. The van der Waals surface area contributed by atoms with E-state index in [1.807, 2.05) is 35.2 Å². The van der Waals surface area contributed by atoms with Gasteiger partial charge in [0.15, 0.2) is 0 Å². The summed E-state index contributed by atoms with van der Waals surface area (Å²) in [5.74, 6) is 0.344. The van der Waals surface area contributed by atoms with Crippen LogP contribution in [0.1, 0.15) is 20.3 Å². The van der Waals surface area contributed by atoms with Gasteiger partial charge in [0, 0.05) is 51.5 Å². The normalized spacial score (nSPS) is 14.3. The number of para-hydroxylation sites is 1. The molecule has 0 atom stereocenters. The minimum atomic E-state index is -2.60. The molecule has 1 aliphatic heterocycles. The summed E-state index contributed by atoms with van der Waals surface area (Å²) in [5, 5.41) is 7.40. The Morgan fingerprint density at radius 2 is 1.80 bits per heavy atom. The van der Waals surface area contributed by atoms with Crippen LogP contribution in [0.15, 0.2) is 54.9 Å². The molecule has 1 saturated heterocycles. The third-order valence-electron chi connectivity index (χ3n) is 5.05. The van der Waals surface area contributed by atoms with Crippen LogP contribution in [0.5, 0.6) is 0 Å². The van der Waals surface area contributed by atoms with Gasteiger partial charge in [-0.05, 0) is 30.3 Å². The third kappa shape index (κ3) is 4.40. The lowest BCUT2D eigenvalue weighted by atomic mass is 10.1. The number of hydrogen-bond acceptors (Lipinski definition) is 5. The second-order valence-electron chi connectivity index (χ2n) is 7.08. The van der Waals surface area contributed by atoms with Gasteiger partial charge in [-0.3, -0.25) is 4.79 Å². The summed E-state index contributed by atoms with van der Waals surface area (Å²) in [7, 11) is 0. The number of aromatic nitrogens is 3. The highest BCUT2D eigenvalue weighted by Crippen LogP contribution is 2.30. The van der Waals surface area contributed by atoms with Gasteiger partial charge < -0.3 is 15.1 Å². The van der Waals surface area contributed by atoms with Crippen molar-refractivity contribution < 1.29 is 15.0 Å². The van der Waals surface area contributed by atoms with Crippen LogP contribution in [0.2, 0.25) is 0 Å². The number of piperazine rings is 1. The molecule has 0 radical (unpaired) electrons. The van der Waals surface area contributed by atoms with Crippen molar-refractivity contribution >= 4 is 23.2 Å². The summed E-state index contributed by atoms with van der Waals surface area (Å²) in [6, 6.07) is 14.2. The number of nitrogens with one attached hydrogen (secondary N) is 1. The number of carbonyl (C=O) groups excluding carboxylic acids is 1. The lowest BCUT2D eigenvalue weighted by Gasteiger charge is -2.36. The molecule has 1 amide bonds. The van der Waals surface area contributed by atoms with Gasteiger partial charge in [-0.25, -0.2) is 13.5 Å². The summed E-state index contributed by atoms with van der Waals surface area (Å²) < 4.78 is 28.6. The first-order chi connectivity index (χ1) is 14.5. The Morgan fingerprint density at radius 3 is 2.47 bits per heavy atom. The molecular weight excluding hydrogens is 390 g/mol. The van der Waals surface area contributed by atoms with Gasteiger partial charge in [-0.2, -0.15) is 4.98 Å². The number of carbonyl (C=O) groups is 1. The molecule has 4 rings (SSSR count). The molecule has 7 nitrogen and oxygen atoms in total. The molecule has 1 aliphatic rings. The van der Waals surface area contributed by atoms with Crippen molar-refractivity contribution in [3.05, 3.63) is 60.4 Å². The zero-order chi connectivity index (χ0) is 21.1. The molecule has 1 N–H and O–H groups in total. The molecule has 0 spiro atoms. The number of hydrogen-bond donors (Lipinski definition) is 1. The highest BCUT2D eigenvalue weighted by molar-refractivity contribution is 5.73. The molecule has 30 heavy (non-hydrogen) atoms. The van der Waals surface area contributed by atoms with Crippen molar-refractivity contribution in [2.24, 2.45) is 0 Å². The predicted octanol–water partition coefficient (Wildman–Crippen LogP) is 3.86. The molecule has 0 unspecified atom stereocenters. The number of rotatable bonds is 5. The molecule has 0 aliphatic carbocycles. The van der Waals surface area contributed by atoms with E-state index >= 15 is 0 Å². The Hall–Kier alpha value is -3.49. The van der Waals surface area contributed by atoms with Crippen LogP contribution in [-0.2, 0) is 4.79 Å². The smallest absolute Gasteiger partial charge is 0.263 e. The number of amides is 1. The van der Waals surface area contributed by atoms with Crippen molar-refractivity contribution in [3.8, 4) is 5.69 Å². The van der Waals surface area contributed by atoms with Gasteiger partial charge in [0.2, 0.25) is 11.9 Å². The largest absolute Gasteiger partial charge is 0.368 e. The molecule has 2 aromatic carbocycles. The molecule has 158 valence electrons. The highest BCUT2D eigenvalue weighted by atomic mass is 19.3. The fourth-order valence-electron chi connectivity index (χ4n) is 3.45. The Labute approximate surface area is 174 Å².